The highest BCUT2D eigenvalue weighted by atomic mass is 35.5. The molecule has 3 rings (SSSR count). The Morgan fingerprint density at radius 1 is 0.958 bits per heavy atom. The van der Waals surface area contributed by atoms with E-state index in [0.29, 0.717) is 11.8 Å². The monoisotopic (exact) mass is 378 g/mol. The molecule has 2 fully saturated rings. The van der Waals surface area contributed by atoms with E-state index in [2.05, 4.69) is 22.3 Å². The van der Waals surface area contributed by atoms with Crippen molar-refractivity contribution in [2.75, 3.05) is 47.5 Å². The Labute approximate surface area is 156 Å². The molecule has 1 heterocycles. The van der Waals surface area contributed by atoms with Crippen LogP contribution in [0.2, 0.25) is 0 Å². The molecule has 1 aromatic carbocycles. The van der Waals surface area contributed by atoms with Crippen molar-refractivity contribution in [3.63, 3.8) is 0 Å². The smallest absolute Gasteiger partial charge is 0.203 e. The maximum atomic E-state index is 5.52. The fourth-order valence-electron chi connectivity index (χ4n) is 3.43. The third-order valence-corrected chi connectivity index (χ3v) is 4.64. The zero-order valence-electron chi connectivity index (χ0n) is 14.5. The molecule has 0 bridgehead atoms. The molecule has 1 saturated heterocycles. The first-order valence-electron chi connectivity index (χ1n) is 8.03. The fraction of sp³-hybridized carbons (Fsp3) is 0.647. The van der Waals surface area contributed by atoms with E-state index in [9.17, 15) is 0 Å². The minimum Gasteiger partial charge on any atom is -0.493 e. The molecular weight excluding hydrogens is 351 g/mol. The van der Waals surface area contributed by atoms with E-state index in [1.54, 1.807) is 21.3 Å². The predicted octanol–water partition coefficient (Wildman–Crippen LogP) is 2.91. The lowest BCUT2D eigenvalue weighted by atomic mass is 9.98. The summed E-state index contributed by atoms with van der Waals surface area (Å²) in [6, 6.07) is 4.69. The second-order valence-corrected chi connectivity index (χ2v) is 6.03. The zero-order chi connectivity index (χ0) is 15.5. The number of piperazine rings is 1. The van der Waals surface area contributed by atoms with Gasteiger partial charge in [-0.2, -0.15) is 0 Å². The third-order valence-electron chi connectivity index (χ3n) is 4.64. The van der Waals surface area contributed by atoms with Gasteiger partial charge in [-0.25, -0.2) is 0 Å². The van der Waals surface area contributed by atoms with E-state index in [0.717, 1.165) is 43.6 Å². The van der Waals surface area contributed by atoms with Gasteiger partial charge in [-0.05, 0) is 36.5 Å². The number of benzene rings is 1. The van der Waals surface area contributed by atoms with Crippen LogP contribution in [0.3, 0.4) is 0 Å². The maximum Gasteiger partial charge on any atom is 0.203 e. The molecular formula is C17H28Cl2N2O3. The Kier molecular flexibility index (Phi) is 8.43. The second kappa shape index (κ2) is 9.56. The molecule has 1 atom stereocenters. The van der Waals surface area contributed by atoms with Crippen molar-refractivity contribution < 1.29 is 14.2 Å². The Balaban J connectivity index is 0.00000144. The molecule has 1 N–H and O–H groups in total. The highest BCUT2D eigenvalue weighted by Gasteiger charge is 2.37. The molecule has 0 aromatic heterocycles. The molecule has 138 valence electrons. The van der Waals surface area contributed by atoms with Gasteiger partial charge in [0.25, 0.3) is 0 Å². The minimum absolute atomic E-state index is 0. The van der Waals surface area contributed by atoms with Gasteiger partial charge in [0.15, 0.2) is 11.5 Å². The zero-order valence-corrected chi connectivity index (χ0v) is 16.2. The predicted molar refractivity (Wildman–Crippen MR) is 101 cm³/mol. The van der Waals surface area contributed by atoms with Gasteiger partial charge >= 0.3 is 0 Å². The third kappa shape index (κ3) is 4.39. The summed E-state index contributed by atoms with van der Waals surface area (Å²) in [7, 11) is 5.00. The van der Waals surface area contributed by atoms with E-state index >= 15 is 0 Å². The molecule has 0 radical (unpaired) electrons. The summed E-state index contributed by atoms with van der Waals surface area (Å²) >= 11 is 0. The summed E-state index contributed by atoms with van der Waals surface area (Å²) in [6.45, 7) is 4.32. The van der Waals surface area contributed by atoms with Crippen LogP contribution in [0, 0.1) is 5.92 Å². The summed E-state index contributed by atoms with van der Waals surface area (Å²) in [5.41, 5.74) is 1.28. The van der Waals surface area contributed by atoms with Crippen molar-refractivity contribution in [3.05, 3.63) is 17.7 Å². The number of nitrogens with one attached hydrogen (secondary N) is 1. The molecule has 0 unspecified atom stereocenters. The van der Waals surface area contributed by atoms with Gasteiger partial charge in [-0.3, -0.25) is 4.90 Å². The van der Waals surface area contributed by atoms with Crippen LogP contribution in [0.4, 0.5) is 0 Å². The Morgan fingerprint density at radius 3 is 1.92 bits per heavy atom. The standard InChI is InChI=1S/C17H26N2O3.2ClH/c1-20-14-10-13(11-15(21-2)17(14)22-3)16(12-4-5-12)19-8-6-18-7-9-19;;/h10-12,16,18H,4-9H2,1-3H3;2*1H/t16-;;/m1../s1. The van der Waals surface area contributed by atoms with E-state index in [1.807, 2.05) is 0 Å². The molecule has 24 heavy (non-hydrogen) atoms. The number of nitrogens with zero attached hydrogens (tertiary/aromatic N) is 1. The summed E-state index contributed by atoms with van der Waals surface area (Å²) in [6.07, 6.45) is 2.62. The molecule has 0 amide bonds. The summed E-state index contributed by atoms with van der Waals surface area (Å²) in [5.74, 6) is 2.92. The Morgan fingerprint density at radius 2 is 1.50 bits per heavy atom. The largest absolute Gasteiger partial charge is 0.493 e. The van der Waals surface area contributed by atoms with Crippen LogP contribution in [0.5, 0.6) is 17.2 Å². The fourth-order valence-corrected chi connectivity index (χ4v) is 3.43. The van der Waals surface area contributed by atoms with Gasteiger partial charge in [-0.1, -0.05) is 0 Å². The van der Waals surface area contributed by atoms with Gasteiger partial charge in [0.05, 0.1) is 21.3 Å². The Bertz CT molecular complexity index is 496. The number of hydrogen-bond acceptors (Lipinski definition) is 5. The lowest BCUT2D eigenvalue weighted by Crippen LogP contribution is -2.45. The number of rotatable bonds is 6. The number of ether oxygens (including phenoxy) is 3. The van der Waals surface area contributed by atoms with Crippen LogP contribution in [0.25, 0.3) is 0 Å². The van der Waals surface area contributed by atoms with Crippen molar-refractivity contribution in [2.24, 2.45) is 5.92 Å². The molecule has 1 aromatic rings. The molecule has 7 heteroatoms. The summed E-state index contributed by atoms with van der Waals surface area (Å²) in [4.78, 5) is 2.59. The van der Waals surface area contributed by atoms with Crippen molar-refractivity contribution in [3.8, 4) is 17.2 Å². The first-order chi connectivity index (χ1) is 10.8. The van der Waals surface area contributed by atoms with Crippen molar-refractivity contribution in [1.82, 2.24) is 10.2 Å². The normalized spacial score (nSPS) is 18.8. The van der Waals surface area contributed by atoms with Crippen LogP contribution in [0.1, 0.15) is 24.4 Å². The number of halogens is 2. The highest BCUT2D eigenvalue weighted by molar-refractivity contribution is 5.85. The average Bonchev–Trinajstić information content (AvgIpc) is 3.40. The molecule has 0 spiro atoms. The maximum absolute atomic E-state index is 5.52. The van der Waals surface area contributed by atoms with Crippen LogP contribution in [0.15, 0.2) is 12.1 Å². The van der Waals surface area contributed by atoms with E-state index in [4.69, 9.17) is 14.2 Å². The van der Waals surface area contributed by atoms with E-state index < -0.39 is 0 Å². The number of hydrogen-bond donors (Lipinski definition) is 1. The van der Waals surface area contributed by atoms with E-state index in [1.165, 1.54) is 18.4 Å². The van der Waals surface area contributed by atoms with Gasteiger partial charge in [-0.15, -0.1) is 24.8 Å². The number of methoxy groups -OCH3 is 3. The van der Waals surface area contributed by atoms with Crippen LogP contribution < -0.4 is 19.5 Å². The van der Waals surface area contributed by atoms with Gasteiger partial charge in [0.1, 0.15) is 0 Å². The van der Waals surface area contributed by atoms with Gasteiger partial charge in [0, 0.05) is 32.2 Å². The van der Waals surface area contributed by atoms with Crippen molar-refractivity contribution in [1.29, 1.82) is 0 Å². The van der Waals surface area contributed by atoms with Crippen molar-refractivity contribution in [2.45, 2.75) is 18.9 Å². The summed E-state index contributed by atoms with van der Waals surface area (Å²) in [5, 5.41) is 3.43. The molecule has 2 aliphatic rings. The lowest BCUT2D eigenvalue weighted by molar-refractivity contribution is 0.155. The van der Waals surface area contributed by atoms with Gasteiger partial charge in [0.2, 0.25) is 5.75 Å². The topological polar surface area (TPSA) is 43.0 Å². The quantitative estimate of drug-likeness (QED) is 0.824. The first kappa shape index (κ1) is 21.2. The van der Waals surface area contributed by atoms with Crippen LogP contribution in [-0.2, 0) is 0 Å². The van der Waals surface area contributed by atoms with E-state index in [-0.39, 0.29) is 24.8 Å². The molecule has 5 nitrogen and oxygen atoms in total. The first-order valence-corrected chi connectivity index (χ1v) is 8.03. The average molecular weight is 379 g/mol. The lowest BCUT2D eigenvalue weighted by Gasteiger charge is -2.35. The minimum atomic E-state index is 0. The second-order valence-electron chi connectivity index (χ2n) is 6.03. The summed E-state index contributed by atoms with van der Waals surface area (Å²) < 4.78 is 16.5. The molecule has 1 aliphatic heterocycles. The molecule has 1 saturated carbocycles. The highest BCUT2D eigenvalue weighted by Crippen LogP contribution is 2.48. The van der Waals surface area contributed by atoms with Crippen molar-refractivity contribution >= 4 is 24.8 Å². The van der Waals surface area contributed by atoms with Crippen LogP contribution in [-0.4, -0.2) is 52.4 Å². The molecule has 1 aliphatic carbocycles. The Hall–Kier alpha value is -0.880. The van der Waals surface area contributed by atoms with Crippen LogP contribution >= 0.6 is 24.8 Å². The van der Waals surface area contributed by atoms with Gasteiger partial charge < -0.3 is 19.5 Å². The SMILES string of the molecule is COc1cc([C@@H](C2CC2)N2CCNCC2)cc(OC)c1OC.Cl.Cl.